The second kappa shape index (κ2) is 10.3. The maximum absolute atomic E-state index is 12.2. The van der Waals surface area contributed by atoms with Crippen LogP contribution in [0.2, 0.25) is 0 Å². The smallest absolute Gasteiger partial charge is 0.319 e. The molecular weight excluding hydrogens is 384 g/mol. The number of ether oxygens (including phenoxy) is 2. The molecule has 0 N–H and O–H groups in total. The summed E-state index contributed by atoms with van der Waals surface area (Å²) in [6, 6.07) is 20.5. The summed E-state index contributed by atoms with van der Waals surface area (Å²) in [4.78, 5) is 17.2. The van der Waals surface area contributed by atoms with Crippen LogP contribution in [-0.2, 0) is 22.7 Å². The van der Waals surface area contributed by atoms with Crippen molar-refractivity contribution in [1.82, 2.24) is 4.98 Å². The van der Waals surface area contributed by atoms with Gasteiger partial charge in [-0.05, 0) is 55.0 Å². The van der Waals surface area contributed by atoms with Gasteiger partial charge in [-0.3, -0.25) is 9.78 Å². The quantitative estimate of drug-likeness (QED) is 0.398. The van der Waals surface area contributed by atoms with E-state index in [1.54, 1.807) is 31.5 Å². The number of hydrogen-bond acceptors (Lipinski definition) is 6. The lowest BCUT2D eigenvalue weighted by atomic mass is 10.2. The van der Waals surface area contributed by atoms with Gasteiger partial charge in [0.1, 0.15) is 24.2 Å². The molecule has 0 saturated carbocycles. The Morgan fingerprint density at radius 2 is 1.83 bits per heavy atom. The molecule has 29 heavy (non-hydrogen) atoms. The van der Waals surface area contributed by atoms with Crippen LogP contribution in [0.4, 0.5) is 0 Å². The van der Waals surface area contributed by atoms with Crippen molar-refractivity contribution >= 4 is 17.7 Å². The average Bonchev–Trinajstić information content (AvgIpc) is 2.78. The second-order valence-corrected chi connectivity index (χ2v) is 7.71. The lowest BCUT2D eigenvalue weighted by molar-refractivity contribution is -0.143. The first-order valence-electron chi connectivity index (χ1n) is 9.08. The van der Waals surface area contributed by atoms with E-state index in [4.69, 9.17) is 14.7 Å². The number of carbonyl (C=O) groups excluding carboxylic acids is 1. The zero-order valence-electron chi connectivity index (χ0n) is 15.9. The lowest BCUT2D eigenvalue weighted by Crippen LogP contribution is -2.16. The molecule has 0 saturated heterocycles. The Bertz CT molecular complexity index is 968. The average molecular weight is 404 g/mol. The molecule has 3 rings (SSSR count). The maximum atomic E-state index is 12.2. The third-order valence-corrected chi connectivity index (χ3v) is 5.15. The molecule has 3 aromatic rings. The van der Waals surface area contributed by atoms with Gasteiger partial charge in [0.15, 0.2) is 0 Å². The fourth-order valence-electron chi connectivity index (χ4n) is 2.46. The molecule has 0 amide bonds. The molecule has 0 aliphatic heterocycles. The van der Waals surface area contributed by atoms with Crippen molar-refractivity contribution in [2.45, 2.75) is 30.3 Å². The molecule has 0 bridgehead atoms. The fourth-order valence-corrected chi connectivity index (χ4v) is 3.33. The van der Waals surface area contributed by atoms with E-state index in [-0.39, 0.29) is 17.8 Å². The van der Waals surface area contributed by atoms with Crippen molar-refractivity contribution < 1.29 is 14.3 Å². The Hall–Kier alpha value is -3.30. The summed E-state index contributed by atoms with van der Waals surface area (Å²) in [5.41, 5.74) is 2.49. The number of nitriles is 1. The molecule has 1 aromatic heterocycles. The number of thioether (sulfide) groups is 1. The van der Waals surface area contributed by atoms with Gasteiger partial charge in [0, 0.05) is 22.9 Å². The maximum Gasteiger partial charge on any atom is 0.319 e. The van der Waals surface area contributed by atoms with Gasteiger partial charge in [-0.15, -0.1) is 11.8 Å². The monoisotopic (exact) mass is 404 g/mol. The summed E-state index contributed by atoms with van der Waals surface area (Å²) in [7, 11) is 0. The number of rotatable bonds is 8. The predicted molar refractivity (Wildman–Crippen MR) is 111 cm³/mol. The zero-order valence-corrected chi connectivity index (χ0v) is 16.8. The first-order chi connectivity index (χ1) is 14.1. The van der Waals surface area contributed by atoms with Crippen molar-refractivity contribution in [2.75, 3.05) is 0 Å². The highest BCUT2D eigenvalue weighted by molar-refractivity contribution is 8.00. The molecule has 0 aliphatic carbocycles. The SMILES string of the molecule is CC(Sc1ccc(C#N)cc1)C(=O)OCc1ccc(OCc2cccnc2)cc1. The minimum absolute atomic E-state index is 0.208. The van der Waals surface area contributed by atoms with Gasteiger partial charge in [0.05, 0.1) is 11.6 Å². The van der Waals surface area contributed by atoms with Crippen molar-refractivity contribution in [3.8, 4) is 11.8 Å². The van der Waals surface area contributed by atoms with Gasteiger partial charge in [-0.25, -0.2) is 0 Å². The normalized spacial score (nSPS) is 11.3. The zero-order chi connectivity index (χ0) is 20.5. The van der Waals surface area contributed by atoms with Gasteiger partial charge in [0.25, 0.3) is 0 Å². The van der Waals surface area contributed by atoms with Gasteiger partial charge in [-0.1, -0.05) is 18.2 Å². The molecular formula is C23H20N2O3S. The molecule has 5 nitrogen and oxygen atoms in total. The highest BCUT2D eigenvalue weighted by atomic mass is 32.2. The van der Waals surface area contributed by atoms with Crippen LogP contribution >= 0.6 is 11.8 Å². The Morgan fingerprint density at radius 3 is 2.48 bits per heavy atom. The van der Waals surface area contributed by atoms with Crippen LogP contribution < -0.4 is 4.74 Å². The molecule has 1 atom stereocenters. The fraction of sp³-hybridized carbons (Fsp3) is 0.174. The Morgan fingerprint density at radius 1 is 1.07 bits per heavy atom. The summed E-state index contributed by atoms with van der Waals surface area (Å²) in [5.74, 6) is 0.463. The largest absolute Gasteiger partial charge is 0.489 e. The summed E-state index contributed by atoms with van der Waals surface area (Å²) >= 11 is 1.40. The van der Waals surface area contributed by atoms with Crippen LogP contribution in [0.15, 0.2) is 78.0 Å². The standard InChI is InChI=1S/C23H20N2O3S/c1-17(29-22-10-6-18(13-24)7-11-22)23(26)28-15-19-4-8-21(9-5-19)27-16-20-3-2-12-25-14-20/h2-12,14,17H,15-16H2,1H3. The molecule has 1 unspecified atom stereocenters. The van der Waals surface area contributed by atoms with Gasteiger partial charge < -0.3 is 9.47 Å². The number of hydrogen-bond donors (Lipinski definition) is 0. The third kappa shape index (κ3) is 6.37. The number of esters is 1. The van der Waals surface area contributed by atoms with Crippen LogP contribution in [0, 0.1) is 11.3 Å². The molecule has 0 radical (unpaired) electrons. The molecule has 1 heterocycles. The minimum atomic E-state index is -0.343. The van der Waals surface area contributed by atoms with E-state index in [0.29, 0.717) is 12.2 Å². The van der Waals surface area contributed by atoms with E-state index in [0.717, 1.165) is 21.8 Å². The Balaban J connectivity index is 1.44. The number of aromatic nitrogens is 1. The van der Waals surface area contributed by atoms with E-state index in [9.17, 15) is 4.79 Å². The number of benzene rings is 2. The molecule has 6 heteroatoms. The highest BCUT2D eigenvalue weighted by Gasteiger charge is 2.16. The van der Waals surface area contributed by atoms with Crippen LogP contribution in [-0.4, -0.2) is 16.2 Å². The number of nitrogens with zero attached hydrogens (tertiary/aromatic N) is 2. The van der Waals surface area contributed by atoms with Gasteiger partial charge in [-0.2, -0.15) is 5.26 Å². The van der Waals surface area contributed by atoms with E-state index in [1.807, 2.05) is 48.5 Å². The van der Waals surface area contributed by atoms with Crippen LogP contribution in [0.1, 0.15) is 23.6 Å². The predicted octanol–water partition coefficient (Wildman–Crippen LogP) is 4.76. The van der Waals surface area contributed by atoms with E-state index in [2.05, 4.69) is 11.1 Å². The summed E-state index contributed by atoms with van der Waals surface area (Å²) in [6.45, 7) is 2.47. The Labute approximate surface area is 174 Å². The van der Waals surface area contributed by atoms with Gasteiger partial charge in [0.2, 0.25) is 0 Å². The van der Waals surface area contributed by atoms with E-state index < -0.39 is 0 Å². The van der Waals surface area contributed by atoms with E-state index >= 15 is 0 Å². The van der Waals surface area contributed by atoms with Crippen molar-refractivity contribution in [1.29, 1.82) is 5.26 Å². The minimum Gasteiger partial charge on any atom is -0.489 e. The van der Waals surface area contributed by atoms with Crippen LogP contribution in [0.5, 0.6) is 5.75 Å². The molecule has 146 valence electrons. The molecule has 0 spiro atoms. The number of carbonyl (C=O) groups is 1. The second-order valence-electron chi connectivity index (χ2n) is 6.30. The topological polar surface area (TPSA) is 72.2 Å². The molecule has 2 aromatic carbocycles. The first-order valence-corrected chi connectivity index (χ1v) is 9.96. The summed E-state index contributed by atoms with van der Waals surface area (Å²) in [5, 5.41) is 8.49. The number of pyridine rings is 1. The molecule has 0 fully saturated rings. The van der Waals surface area contributed by atoms with Crippen LogP contribution in [0.3, 0.4) is 0 Å². The van der Waals surface area contributed by atoms with Crippen LogP contribution in [0.25, 0.3) is 0 Å². The van der Waals surface area contributed by atoms with Crippen molar-refractivity contribution in [3.63, 3.8) is 0 Å². The Kier molecular flexibility index (Phi) is 7.26. The van der Waals surface area contributed by atoms with Crippen molar-refractivity contribution in [2.24, 2.45) is 0 Å². The summed E-state index contributed by atoms with van der Waals surface area (Å²) < 4.78 is 11.1. The highest BCUT2D eigenvalue weighted by Crippen LogP contribution is 2.24. The third-order valence-electron chi connectivity index (χ3n) is 4.06. The first kappa shape index (κ1) is 20.4. The van der Waals surface area contributed by atoms with Crippen molar-refractivity contribution in [3.05, 3.63) is 89.7 Å². The van der Waals surface area contributed by atoms with Gasteiger partial charge >= 0.3 is 5.97 Å². The lowest BCUT2D eigenvalue weighted by Gasteiger charge is -2.12. The van der Waals surface area contributed by atoms with E-state index in [1.165, 1.54) is 11.8 Å². The molecule has 0 aliphatic rings. The summed E-state index contributed by atoms with van der Waals surface area (Å²) in [6.07, 6.45) is 3.49.